The predicted octanol–water partition coefficient (Wildman–Crippen LogP) is 3.00. The molecule has 0 amide bonds. The number of allylic oxidation sites excluding steroid dienone is 5. The van der Waals surface area contributed by atoms with Gasteiger partial charge in [0.2, 0.25) is 0 Å². The maximum atomic E-state index is 5.39. The molecule has 2 unspecified atom stereocenters. The molecule has 0 aliphatic carbocycles. The Kier molecular flexibility index (Phi) is 12.5. The molecule has 2 N–H and O–H groups in total. The zero-order valence-electron chi connectivity index (χ0n) is 13.4. The first-order valence-corrected chi connectivity index (χ1v) is 7.57. The summed E-state index contributed by atoms with van der Waals surface area (Å²) >= 11 is 0. The van der Waals surface area contributed by atoms with E-state index in [0.717, 1.165) is 39.1 Å². The lowest BCUT2D eigenvalue weighted by Gasteiger charge is -2.35. The molecule has 1 saturated heterocycles. The van der Waals surface area contributed by atoms with Crippen LogP contribution in [0.2, 0.25) is 0 Å². The van der Waals surface area contributed by atoms with Crippen LogP contribution in [0.1, 0.15) is 26.7 Å². The molecule has 0 aromatic carbocycles. The Morgan fingerprint density at radius 1 is 1.15 bits per heavy atom. The predicted molar refractivity (Wildman–Crippen MR) is 88.8 cm³/mol. The highest BCUT2D eigenvalue weighted by Crippen LogP contribution is 2.16. The number of rotatable bonds is 7. The first-order chi connectivity index (χ1) is 9.75. The van der Waals surface area contributed by atoms with Gasteiger partial charge in [0.05, 0.1) is 13.2 Å². The molecule has 0 spiro atoms. The average molecular weight is 280 g/mol. The average Bonchev–Trinajstić information content (AvgIpc) is 2.52. The van der Waals surface area contributed by atoms with Gasteiger partial charge in [-0.1, -0.05) is 43.9 Å². The minimum absolute atomic E-state index is 0.641. The number of ether oxygens (including phenoxy) is 1. The SMILES string of the molecule is C=CC=CC/C=C\CC(C)C(C)N1CCOCC1.CN. The van der Waals surface area contributed by atoms with Crippen molar-refractivity contribution < 1.29 is 4.74 Å². The van der Waals surface area contributed by atoms with Gasteiger partial charge in [0.25, 0.3) is 0 Å². The van der Waals surface area contributed by atoms with E-state index in [4.69, 9.17) is 4.74 Å². The molecule has 1 aliphatic heterocycles. The van der Waals surface area contributed by atoms with Crippen LogP contribution in [0.25, 0.3) is 0 Å². The van der Waals surface area contributed by atoms with Crippen LogP contribution in [-0.2, 0) is 4.74 Å². The third-order valence-electron chi connectivity index (χ3n) is 3.66. The molecule has 116 valence electrons. The highest BCUT2D eigenvalue weighted by atomic mass is 16.5. The van der Waals surface area contributed by atoms with Gasteiger partial charge in [-0.15, -0.1) is 0 Å². The molecule has 0 aromatic heterocycles. The first-order valence-electron chi connectivity index (χ1n) is 7.57. The summed E-state index contributed by atoms with van der Waals surface area (Å²) in [7, 11) is 1.50. The van der Waals surface area contributed by atoms with Crippen LogP contribution >= 0.6 is 0 Å². The summed E-state index contributed by atoms with van der Waals surface area (Å²) in [5.41, 5.74) is 4.50. The van der Waals surface area contributed by atoms with Gasteiger partial charge in [-0.25, -0.2) is 0 Å². The standard InChI is InChI=1S/C16H27NO.CH5N/c1-4-5-6-7-8-9-10-15(2)16(3)17-11-13-18-14-12-17;1-2/h4-6,8-9,15-16H,1,7,10-14H2,2-3H3;2H2,1H3/b6-5?,9-8-;. The number of nitrogens with zero attached hydrogens (tertiary/aromatic N) is 1. The lowest BCUT2D eigenvalue weighted by atomic mass is 9.97. The zero-order chi connectivity index (χ0) is 15.2. The molecule has 0 radical (unpaired) electrons. The fourth-order valence-electron chi connectivity index (χ4n) is 2.20. The second-order valence-electron chi connectivity index (χ2n) is 4.97. The van der Waals surface area contributed by atoms with Crippen molar-refractivity contribution in [1.29, 1.82) is 0 Å². The van der Waals surface area contributed by atoms with E-state index in [1.807, 2.05) is 12.2 Å². The molecule has 0 aromatic rings. The van der Waals surface area contributed by atoms with Gasteiger partial charge in [0, 0.05) is 19.1 Å². The number of nitrogens with two attached hydrogens (primary N) is 1. The van der Waals surface area contributed by atoms with Gasteiger partial charge in [-0.2, -0.15) is 0 Å². The number of hydrogen-bond acceptors (Lipinski definition) is 3. The normalized spacial score (nSPS) is 19.6. The Morgan fingerprint density at radius 2 is 1.80 bits per heavy atom. The maximum absolute atomic E-state index is 5.39. The number of hydrogen-bond donors (Lipinski definition) is 1. The van der Waals surface area contributed by atoms with Crippen molar-refractivity contribution in [2.75, 3.05) is 33.4 Å². The zero-order valence-corrected chi connectivity index (χ0v) is 13.4. The van der Waals surface area contributed by atoms with Gasteiger partial charge in [-0.05, 0) is 32.7 Å². The fraction of sp³-hybridized carbons (Fsp3) is 0.647. The molecule has 20 heavy (non-hydrogen) atoms. The van der Waals surface area contributed by atoms with E-state index in [1.54, 1.807) is 0 Å². The summed E-state index contributed by atoms with van der Waals surface area (Å²) in [4.78, 5) is 2.54. The molecular formula is C17H32N2O. The van der Waals surface area contributed by atoms with E-state index in [0.29, 0.717) is 12.0 Å². The second-order valence-corrected chi connectivity index (χ2v) is 4.97. The molecule has 1 heterocycles. The summed E-state index contributed by atoms with van der Waals surface area (Å²) in [6.45, 7) is 12.3. The molecule has 0 saturated carbocycles. The summed E-state index contributed by atoms with van der Waals surface area (Å²) in [6.07, 6.45) is 12.6. The third-order valence-corrected chi connectivity index (χ3v) is 3.66. The third kappa shape index (κ3) is 8.31. The van der Waals surface area contributed by atoms with E-state index in [2.05, 4.69) is 49.3 Å². The molecule has 1 rings (SSSR count). The molecule has 0 bridgehead atoms. The first kappa shape index (κ1) is 19.1. The monoisotopic (exact) mass is 280 g/mol. The molecule has 1 fully saturated rings. The van der Waals surface area contributed by atoms with Crippen LogP contribution in [0.3, 0.4) is 0 Å². The fourth-order valence-corrected chi connectivity index (χ4v) is 2.20. The van der Waals surface area contributed by atoms with Gasteiger partial charge in [-0.3, -0.25) is 4.90 Å². The summed E-state index contributed by atoms with van der Waals surface area (Å²) < 4.78 is 5.39. The van der Waals surface area contributed by atoms with Crippen molar-refractivity contribution in [3.8, 4) is 0 Å². The quantitative estimate of drug-likeness (QED) is 0.575. The van der Waals surface area contributed by atoms with Gasteiger partial charge in [0.15, 0.2) is 0 Å². The lowest BCUT2D eigenvalue weighted by Crippen LogP contribution is -2.44. The van der Waals surface area contributed by atoms with Crippen LogP contribution in [0.15, 0.2) is 37.0 Å². The molecule has 2 atom stereocenters. The van der Waals surface area contributed by atoms with E-state index in [-0.39, 0.29) is 0 Å². The van der Waals surface area contributed by atoms with Crippen molar-refractivity contribution in [1.82, 2.24) is 4.90 Å². The smallest absolute Gasteiger partial charge is 0.0594 e. The van der Waals surface area contributed by atoms with Crippen LogP contribution in [0.4, 0.5) is 0 Å². The summed E-state index contributed by atoms with van der Waals surface area (Å²) in [5, 5.41) is 0. The van der Waals surface area contributed by atoms with Gasteiger partial charge in [0.1, 0.15) is 0 Å². The Bertz CT molecular complexity index is 281. The van der Waals surface area contributed by atoms with Crippen molar-refractivity contribution in [3.63, 3.8) is 0 Å². The maximum Gasteiger partial charge on any atom is 0.0594 e. The minimum atomic E-state index is 0.641. The van der Waals surface area contributed by atoms with E-state index < -0.39 is 0 Å². The van der Waals surface area contributed by atoms with Crippen molar-refractivity contribution >= 4 is 0 Å². The van der Waals surface area contributed by atoms with E-state index >= 15 is 0 Å². The Labute approximate surface area is 125 Å². The largest absolute Gasteiger partial charge is 0.379 e. The highest BCUT2D eigenvalue weighted by Gasteiger charge is 2.20. The highest BCUT2D eigenvalue weighted by molar-refractivity contribution is 5.01. The Balaban J connectivity index is 0.00000172. The summed E-state index contributed by atoms with van der Waals surface area (Å²) in [6, 6.07) is 0.641. The van der Waals surface area contributed by atoms with Crippen LogP contribution in [0.5, 0.6) is 0 Å². The van der Waals surface area contributed by atoms with E-state index in [1.165, 1.54) is 7.05 Å². The topological polar surface area (TPSA) is 38.5 Å². The molecule has 3 heteroatoms. The molecular weight excluding hydrogens is 248 g/mol. The van der Waals surface area contributed by atoms with Gasteiger partial charge >= 0.3 is 0 Å². The number of morpholine rings is 1. The lowest BCUT2D eigenvalue weighted by molar-refractivity contribution is 0.00942. The Morgan fingerprint density at radius 3 is 2.40 bits per heavy atom. The molecule has 3 nitrogen and oxygen atoms in total. The minimum Gasteiger partial charge on any atom is -0.379 e. The second kappa shape index (κ2) is 13.1. The van der Waals surface area contributed by atoms with Crippen molar-refractivity contribution in [3.05, 3.63) is 37.0 Å². The van der Waals surface area contributed by atoms with E-state index in [9.17, 15) is 0 Å². The van der Waals surface area contributed by atoms with Crippen molar-refractivity contribution in [2.24, 2.45) is 11.7 Å². The van der Waals surface area contributed by atoms with Crippen LogP contribution in [-0.4, -0.2) is 44.3 Å². The van der Waals surface area contributed by atoms with Gasteiger partial charge < -0.3 is 10.5 Å². The molecule has 1 aliphatic rings. The Hall–Kier alpha value is -0.900. The summed E-state index contributed by atoms with van der Waals surface area (Å²) in [5.74, 6) is 0.697. The van der Waals surface area contributed by atoms with Crippen LogP contribution < -0.4 is 5.73 Å². The van der Waals surface area contributed by atoms with Crippen LogP contribution in [0, 0.1) is 5.92 Å². The van der Waals surface area contributed by atoms with Crippen molar-refractivity contribution in [2.45, 2.75) is 32.7 Å².